The first-order chi connectivity index (χ1) is 13.6. The van der Waals surface area contributed by atoms with Gasteiger partial charge in [-0.2, -0.15) is 0 Å². The van der Waals surface area contributed by atoms with E-state index in [-0.39, 0.29) is 0 Å². The van der Waals surface area contributed by atoms with Crippen molar-refractivity contribution >= 4 is 77.8 Å². The third kappa shape index (κ3) is 3.34. The minimum atomic E-state index is -1.60. The summed E-state index contributed by atoms with van der Waals surface area (Å²) < 4.78 is 26.0. The zero-order valence-electron chi connectivity index (χ0n) is 15.2. The standard InChI is InChI=1S/C22H16I2O3S/c1-26-21-17(23)11-13-7-3-5-9-15(13)19(21)20-16-10-6-4-8-14(16)12-18(24)22(20)28(25)27-2/h3-12H,1-2H3. The van der Waals surface area contributed by atoms with E-state index < -0.39 is 11.1 Å². The number of halogens is 2. The molecule has 4 rings (SSSR count). The molecule has 0 amide bonds. The van der Waals surface area contributed by atoms with Crippen LogP contribution in [-0.2, 0) is 15.3 Å². The van der Waals surface area contributed by atoms with Crippen LogP contribution in [0.15, 0.2) is 65.6 Å². The molecule has 1 unspecified atom stereocenters. The van der Waals surface area contributed by atoms with Crippen molar-refractivity contribution in [3.8, 4) is 16.9 Å². The Labute approximate surface area is 193 Å². The van der Waals surface area contributed by atoms with Crippen LogP contribution in [0.3, 0.4) is 0 Å². The van der Waals surface area contributed by atoms with Crippen LogP contribution >= 0.6 is 45.2 Å². The summed E-state index contributed by atoms with van der Waals surface area (Å²) in [5.41, 5.74) is 1.84. The number of hydrogen-bond donors (Lipinski definition) is 0. The summed E-state index contributed by atoms with van der Waals surface area (Å²) in [7, 11) is 3.15. The topological polar surface area (TPSA) is 35.5 Å². The van der Waals surface area contributed by atoms with E-state index >= 15 is 0 Å². The van der Waals surface area contributed by atoms with E-state index in [0.717, 1.165) is 45.6 Å². The lowest BCUT2D eigenvalue weighted by molar-refractivity contribution is 0.414. The Bertz CT molecular complexity index is 1240. The van der Waals surface area contributed by atoms with E-state index in [1.54, 1.807) is 7.11 Å². The van der Waals surface area contributed by atoms with Crippen LogP contribution < -0.4 is 4.74 Å². The molecule has 0 saturated carbocycles. The van der Waals surface area contributed by atoms with Gasteiger partial charge < -0.3 is 4.74 Å². The summed E-state index contributed by atoms with van der Waals surface area (Å²) in [6.07, 6.45) is 0. The van der Waals surface area contributed by atoms with Crippen molar-refractivity contribution in [1.82, 2.24) is 0 Å². The van der Waals surface area contributed by atoms with Gasteiger partial charge in [-0.3, -0.25) is 4.18 Å². The molecular weight excluding hydrogens is 598 g/mol. The molecule has 0 saturated heterocycles. The van der Waals surface area contributed by atoms with Gasteiger partial charge in [-0.1, -0.05) is 48.5 Å². The monoisotopic (exact) mass is 614 g/mol. The van der Waals surface area contributed by atoms with Gasteiger partial charge >= 0.3 is 0 Å². The van der Waals surface area contributed by atoms with E-state index in [0.29, 0.717) is 4.90 Å². The van der Waals surface area contributed by atoms with Gasteiger partial charge in [0.15, 0.2) is 11.1 Å². The van der Waals surface area contributed by atoms with Crippen LogP contribution in [0.5, 0.6) is 5.75 Å². The molecule has 0 fully saturated rings. The summed E-state index contributed by atoms with van der Waals surface area (Å²) in [6.45, 7) is 0. The molecule has 3 nitrogen and oxygen atoms in total. The number of hydrogen-bond acceptors (Lipinski definition) is 3. The zero-order chi connectivity index (χ0) is 19.8. The fraction of sp³-hybridized carbons (Fsp3) is 0.0909. The van der Waals surface area contributed by atoms with Crippen molar-refractivity contribution in [2.45, 2.75) is 4.90 Å². The van der Waals surface area contributed by atoms with Gasteiger partial charge in [0.25, 0.3) is 0 Å². The lowest BCUT2D eigenvalue weighted by atomic mass is 9.93. The quantitative estimate of drug-likeness (QED) is 0.245. The van der Waals surface area contributed by atoms with Crippen molar-refractivity contribution in [3.05, 3.63) is 67.8 Å². The summed E-state index contributed by atoms with van der Waals surface area (Å²) >= 11 is 2.94. The molecule has 0 aromatic heterocycles. The molecule has 0 aliphatic rings. The lowest BCUT2D eigenvalue weighted by Gasteiger charge is -2.20. The first kappa shape index (κ1) is 20.1. The number of rotatable bonds is 4. The van der Waals surface area contributed by atoms with E-state index in [1.165, 1.54) is 7.11 Å². The second-order valence-corrected chi connectivity index (χ2v) is 9.71. The van der Waals surface area contributed by atoms with Gasteiger partial charge in [-0.05, 0) is 78.9 Å². The minimum absolute atomic E-state index is 0.673. The molecule has 6 heteroatoms. The van der Waals surface area contributed by atoms with Gasteiger partial charge in [0, 0.05) is 14.7 Å². The largest absolute Gasteiger partial charge is 0.495 e. The van der Waals surface area contributed by atoms with Crippen molar-refractivity contribution in [2.75, 3.05) is 14.2 Å². The third-order valence-electron chi connectivity index (χ3n) is 4.68. The molecule has 0 bridgehead atoms. The second kappa shape index (κ2) is 8.25. The van der Waals surface area contributed by atoms with Crippen molar-refractivity contribution in [1.29, 1.82) is 0 Å². The Morgan fingerprint density at radius 1 is 0.786 bits per heavy atom. The zero-order valence-corrected chi connectivity index (χ0v) is 20.3. The van der Waals surface area contributed by atoms with Gasteiger partial charge in [0.2, 0.25) is 0 Å². The van der Waals surface area contributed by atoms with Gasteiger partial charge in [-0.25, -0.2) is 4.21 Å². The predicted molar refractivity (Wildman–Crippen MR) is 132 cm³/mol. The van der Waals surface area contributed by atoms with E-state index in [2.05, 4.69) is 75.5 Å². The van der Waals surface area contributed by atoms with Crippen molar-refractivity contribution < 1.29 is 13.1 Å². The summed E-state index contributed by atoms with van der Waals surface area (Å²) in [5.74, 6) is 0.779. The molecule has 0 spiro atoms. The van der Waals surface area contributed by atoms with Crippen LogP contribution in [0.2, 0.25) is 0 Å². The first-order valence-corrected chi connectivity index (χ1v) is 11.7. The molecule has 4 aromatic carbocycles. The second-order valence-electron chi connectivity index (χ2n) is 6.17. The van der Waals surface area contributed by atoms with Crippen LogP contribution in [0.4, 0.5) is 0 Å². The molecule has 0 N–H and O–H groups in total. The minimum Gasteiger partial charge on any atom is -0.495 e. The molecule has 1 atom stereocenters. The fourth-order valence-electron chi connectivity index (χ4n) is 3.53. The normalized spacial score (nSPS) is 12.4. The average molecular weight is 614 g/mol. The van der Waals surface area contributed by atoms with Crippen LogP contribution in [0, 0.1) is 7.14 Å². The first-order valence-electron chi connectivity index (χ1n) is 8.50. The molecule has 28 heavy (non-hydrogen) atoms. The molecule has 142 valence electrons. The van der Waals surface area contributed by atoms with Gasteiger partial charge in [-0.15, -0.1) is 0 Å². The maximum atomic E-state index is 12.9. The van der Waals surface area contributed by atoms with Crippen molar-refractivity contribution in [2.24, 2.45) is 0 Å². The van der Waals surface area contributed by atoms with Gasteiger partial charge in [0.1, 0.15) is 5.75 Å². The highest BCUT2D eigenvalue weighted by atomic mass is 127. The molecule has 0 heterocycles. The maximum Gasteiger partial charge on any atom is 0.190 e. The average Bonchev–Trinajstić information content (AvgIpc) is 2.71. The summed E-state index contributed by atoms with van der Waals surface area (Å²) in [6, 6.07) is 20.5. The number of benzene rings is 4. The Hall–Kier alpha value is -1.23. The Balaban J connectivity index is 2.29. The van der Waals surface area contributed by atoms with Crippen LogP contribution in [0.1, 0.15) is 0 Å². The number of ether oxygens (including phenoxy) is 1. The molecule has 0 aliphatic carbocycles. The van der Waals surface area contributed by atoms with Crippen LogP contribution in [0.25, 0.3) is 32.7 Å². The summed E-state index contributed by atoms with van der Waals surface area (Å²) in [4.78, 5) is 0.673. The molecule has 0 radical (unpaired) electrons. The molecular formula is C22H16I2O3S. The highest BCUT2D eigenvalue weighted by Crippen LogP contribution is 2.46. The SMILES string of the molecule is COc1c(I)cc2ccccc2c1-c1c(S(=O)OC)c(I)cc2ccccc12. The van der Waals surface area contributed by atoms with E-state index in [1.807, 2.05) is 30.3 Å². The van der Waals surface area contributed by atoms with Gasteiger partial charge in [0.05, 0.1) is 22.7 Å². The highest BCUT2D eigenvalue weighted by Gasteiger charge is 2.24. The maximum absolute atomic E-state index is 12.9. The highest BCUT2D eigenvalue weighted by molar-refractivity contribution is 14.1. The van der Waals surface area contributed by atoms with E-state index in [9.17, 15) is 4.21 Å². The fourth-order valence-corrected chi connectivity index (χ4v) is 6.26. The summed E-state index contributed by atoms with van der Waals surface area (Å²) in [5, 5.41) is 4.28. The van der Waals surface area contributed by atoms with Crippen LogP contribution in [-0.4, -0.2) is 18.4 Å². The Morgan fingerprint density at radius 3 is 1.89 bits per heavy atom. The number of fused-ring (bicyclic) bond motifs is 2. The molecule has 0 aliphatic heterocycles. The lowest BCUT2D eigenvalue weighted by Crippen LogP contribution is -2.03. The molecule has 4 aromatic rings. The smallest absolute Gasteiger partial charge is 0.190 e. The third-order valence-corrected chi connectivity index (χ3v) is 7.76. The Kier molecular flexibility index (Phi) is 5.91. The van der Waals surface area contributed by atoms with Crippen molar-refractivity contribution in [3.63, 3.8) is 0 Å². The number of methoxy groups -OCH3 is 1. The predicted octanol–water partition coefficient (Wildman–Crippen LogP) is 6.55. The Morgan fingerprint density at radius 2 is 1.32 bits per heavy atom. The van der Waals surface area contributed by atoms with E-state index in [4.69, 9.17) is 8.92 Å².